The number of nitrogens with zero attached hydrogens (tertiary/aromatic N) is 2. The molecule has 2 rings (SSSR count). The maximum absolute atomic E-state index is 13.9. The van der Waals surface area contributed by atoms with Crippen LogP contribution in [-0.2, 0) is 0 Å². The van der Waals surface area contributed by atoms with Crippen molar-refractivity contribution in [2.24, 2.45) is 0 Å². The smallest absolute Gasteiger partial charge is 0.186 e. The number of halogens is 1. The van der Waals surface area contributed by atoms with Crippen molar-refractivity contribution in [3.05, 3.63) is 35.8 Å². The van der Waals surface area contributed by atoms with E-state index in [-0.39, 0.29) is 11.6 Å². The molecule has 0 saturated carbocycles. The molecule has 20 heavy (non-hydrogen) atoms. The van der Waals surface area contributed by atoms with Crippen LogP contribution in [0.25, 0.3) is 11.4 Å². The number of nitrogens with one attached hydrogen (secondary N) is 1. The average molecular weight is 291 g/mol. The maximum Gasteiger partial charge on any atom is 0.186 e. The zero-order chi connectivity index (χ0) is 14.5. The van der Waals surface area contributed by atoms with E-state index in [9.17, 15) is 4.39 Å². The summed E-state index contributed by atoms with van der Waals surface area (Å²) >= 11 is 1.78. The molecule has 2 aromatic rings. The summed E-state index contributed by atoms with van der Waals surface area (Å²) in [5.74, 6) is 1.47. The maximum atomic E-state index is 13.9. The minimum Gasteiger partial charge on any atom is -0.368 e. The highest BCUT2D eigenvalue weighted by Gasteiger charge is 2.12. The molecule has 0 aliphatic heterocycles. The van der Waals surface area contributed by atoms with Crippen LogP contribution in [-0.4, -0.2) is 22.3 Å². The van der Waals surface area contributed by atoms with Crippen molar-refractivity contribution >= 4 is 17.6 Å². The lowest BCUT2D eigenvalue weighted by Gasteiger charge is -2.09. The van der Waals surface area contributed by atoms with Crippen molar-refractivity contribution in [2.75, 3.05) is 17.6 Å². The number of benzene rings is 1. The predicted molar refractivity (Wildman–Crippen MR) is 82.7 cm³/mol. The minimum absolute atomic E-state index is 0.266. The van der Waals surface area contributed by atoms with Gasteiger partial charge in [0.25, 0.3) is 0 Å². The molecule has 1 heterocycles. The Morgan fingerprint density at radius 2 is 1.85 bits per heavy atom. The molecule has 0 spiro atoms. The quantitative estimate of drug-likeness (QED) is 0.840. The van der Waals surface area contributed by atoms with Crippen LogP contribution < -0.4 is 5.32 Å². The van der Waals surface area contributed by atoms with Crippen LogP contribution in [0.3, 0.4) is 0 Å². The lowest BCUT2D eigenvalue weighted by molar-refractivity contribution is 0.606. The Morgan fingerprint density at radius 1 is 1.15 bits per heavy atom. The van der Waals surface area contributed by atoms with E-state index in [1.807, 2.05) is 31.2 Å². The lowest BCUT2D eigenvalue weighted by Crippen LogP contribution is -2.06. The number of hydrogen-bond donors (Lipinski definition) is 1. The van der Waals surface area contributed by atoms with Crippen molar-refractivity contribution < 1.29 is 4.39 Å². The molecule has 0 unspecified atom stereocenters. The van der Waals surface area contributed by atoms with Gasteiger partial charge in [0.15, 0.2) is 17.5 Å². The number of thioether (sulfide) groups is 1. The molecule has 0 aliphatic rings. The summed E-state index contributed by atoms with van der Waals surface area (Å²) in [7, 11) is 0. The molecule has 1 aromatic heterocycles. The Hall–Kier alpha value is -1.62. The summed E-state index contributed by atoms with van der Waals surface area (Å²) < 4.78 is 13.9. The van der Waals surface area contributed by atoms with Crippen LogP contribution in [0.4, 0.5) is 10.2 Å². The molecular formula is C15H18FN3S. The van der Waals surface area contributed by atoms with Crippen LogP contribution in [0.15, 0.2) is 29.2 Å². The third kappa shape index (κ3) is 3.28. The predicted octanol–water partition coefficient (Wildman–Crippen LogP) is 4.13. The first-order chi connectivity index (χ1) is 9.65. The van der Waals surface area contributed by atoms with E-state index in [2.05, 4.69) is 22.2 Å². The number of rotatable bonds is 5. The summed E-state index contributed by atoms with van der Waals surface area (Å²) in [5, 5.41) is 2.93. The lowest BCUT2D eigenvalue weighted by atomic mass is 10.2. The van der Waals surface area contributed by atoms with Gasteiger partial charge in [-0.25, -0.2) is 14.4 Å². The molecule has 106 valence electrons. The van der Waals surface area contributed by atoms with Gasteiger partial charge in [0, 0.05) is 17.0 Å². The SMILES string of the molecule is CCNc1nc(-c2ccc(SCC)cc2)nc(C)c1F. The van der Waals surface area contributed by atoms with Gasteiger partial charge in [-0.2, -0.15) is 0 Å². The van der Waals surface area contributed by atoms with E-state index < -0.39 is 0 Å². The fraction of sp³-hybridized carbons (Fsp3) is 0.333. The van der Waals surface area contributed by atoms with E-state index in [0.717, 1.165) is 11.3 Å². The van der Waals surface area contributed by atoms with E-state index in [1.54, 1.807) is 18.7 Å². The summed E-state index contributed by atoms with van der Waals surface area (Å²) in [6.45, 7) is 6.31. The first kappa shape index (κ1) is 14.8. The van der Waals surface area contributed by atoms with E-state index in [4.69, 9.17) is 0 Å². The molecule has 0 saturated heterocycles. The Balaban J connectivity index is 2.36. The fourth-order valence-corrected chi connectivity index (χ4v) is 2.50. The molecule has 0 amide bonds. The number of aryl methyl sites for hydroxylation is 1. The molecule has 3 nitrogen and oxygen atoms in total. The molecule has 0 radical (unpaired) electrons. The van der Waals surface area contributed by atoms with Crippen LogP contribution in [0.1, 0.15) is 19.5 Å². The fourth-order valence-electron chi connectivity index (χ4n) is 1.84. The Kier molecular flexibility index (Phi) is 4.95. The van der Waals surface area contributed by atoms with Crippen molar-refractivity contribution in [1.82, 2.24) is 9.97 Å². The number of aromatic nitrogens is 2. The summed E-state index contributed by atoms with van der Waals surface area (Å²) in [6.07, 6.45) is 0. The van der Waals surface area contributed by atoms with E-state index in [0.29, 0.717) is 18.1 Å². The van der Waals surface area contributed by atoms with Gasteiger partial charge in [-0.1, -0.05) is 19.1 Å². The van der Waals surface area contributed by atoms with Gasteiger partial charge in [0.05, 0.1) is 5.69 Å². The summed E-state index contributed by atoms with van der Waals surface area (Å²) in [6, 6.07) is 8.03. The molecule has 1 aromatic carbocycles. The van der Waals surface area contributed by atoms with Crippen molar-refractivity contribution in [1.29, 1.82) is 0 Å². The summed E-state index contributed by atoms with van der Waals surface area (Å²) in [5.41, 5.74) is 1.26. The minimum atomic E-state index is -0.381. The van der Waals surface area contributed by atoms with Crippen molar-refractivity contribution in [3.63, 3.8) is 0 Å². The molecule has 0 fully saturated rings. The first-order valence-electron chi connectivity index (χ1n) is 6.67. The van der Waals surface area contributed by atoms with Crippen molar-refractivity contribution in [3.8, 4) is 11.4 Å². The molecule has 0 atom stereocenters. The van der Waals surface area contributed by atoms with Gasteiger partial charge in [-0.3, -0.25) is 0 Å². The highest BCUT2D eigenvalue weighted by molar-refractivity contribution is 7.99. The standard InChI is InChI=1S/C15H18FN3S/c1-4-17-15-13(16)10(3)18-14(19-15)11-6-8-12(9-7-11)20-5-2/h6-9H,4-5H2,1-3H3,(H,17,18,19). The topological polar surface area (TPSA) is 37.8 Å². The normalized spacial score (nSPS) is 10.6. The molecular weight excluding hydrogens is 273 g/mol. The molecule has 0 aliphatic carbocycles. The van der Waals surface area contributed by atoms with E-state index in [1.165, 1.54) is 4.90 Å². The Morgan fingerprint density at radius 3 is 2.45 bits per heavy atom. The molecule has 1 N–H and O–H groups in total. The van der Waals surface area contributed by atoms with Crippen molar-refractivity contribution in [2.45, 2.75) is 25.7 Å². The number of anilines is 1. The second-order valence-electron chi connectivity index (χ2n) is 4.28. The van der Waals surface area contributed by atoms with Gasteiger partial charge in [0.1, 0.15) is 0 Å². The van der Waals surface area contributed by atoms with Gasteiger partial charge in [-0.15, -0.1) is 11.8 Å². The Labute approximate surface area is 123 Å². The average Bonchev–Trinajstić information content (AvgIpc) is 2.45. The van der Waals surface area contributed by atoms with Crippen LogP contribution in [0, 0.1) is 12.7 Å². The van der Waals surface area contributed by atoms with Gasteiger partial charge >= 0.3 is 0 Å². The third-order valence-corrected chi connectivity index (χ3v) is 3.68. The van der Waals surface area contributed by atoms with Gasteiger partial charge < -0.3 is 5.32 Å². The number of hydrogen-bond acceptors (Lipinski definition) is 4. The monoisotopic (exact) mass is 291 g/mol. The molecule has 0 bridgehead atoms. The van der Waals surface area contributed by atoms with Crippen LogP contribution in [0.2, 0.25) is 0 Å². The van der Waals surface area contributed by atoms with Gasteiger partial charge in [-0.05, 0) is 31.7 Å². The highest BCUT2D eigenvalue weighted by Crippen LogP contribution is 2.24. The second-order valence-corrected chi connectivity index (χ2v) is 5.62. The highest BCUT2D eigenvalue weighted by atomic mass is 32.2. The second kappa shape index (κ2) is 6.70. The zero-order valence-corrected chi connectivity index (χ0v) is 12.7. The third-order valence-electron chi connectivity index (χ3n) is 2.78. The largest absolute Gasteiger partial charge is 0.368 e. The summed E-state index contributed by atoms with van der Waals surface area (Å²) in [4.78, 5) is 9.70. The zero-order valence-electron chi connectivity index (χ0n) is 11.9. The van der Waals surface area contributed by atoms with Gasteiger partial charge in [0.2, 0.25) is 0 Å². The van der Waals surface area contributed by atoms with Crippen LogP contribution >= 0.6 is 11.8 Å². The molecule has 5 heteroatoms. The van der Waals surface area contributed by atoms with E-state index >= 15 is 0 Å². The van der Waals surface area contributed by atoms with Crippen LogP contribution in [0.5, 0.6) is 0 Å². The first-order valence-corrected chi connectivity index (χ1v) is 7.65. The Bertz CT molecular complexity index is 584.